The van der Waals surface area contributed by atoms with E-state index in [-0.39, 0.29) is 0 Å². The largest absolute Gasteiger partial charge is 0.456 e. The monoisotopic (exact) mass is 802 g/mol. The molecule has 12 rings (SSSR count). The standard InChI is InChI=1S/C51H36B6N4O2/c52-35-23-37(54)46-42(44(35)56)43-45(57)36(53)24-38(55)47(43)61(46)29-21-33(25-9-3-1-4-10-25)48-34(22-29)32-18-16-28(20-41(32)63-48)51-59-49(26-11-5-2-6-12-26)58-50(60-51)27-15-17-31-30-13-7-8-14-39(30)62-40(31)19-27/h1-24H,52-57H2. The van der Waals surface area contributed by atoms with Gasteiger partial charge in [-0.1, -0.05) is 136 Å². The summed E-state index contributed by atoms with van der Waals surface area (Å²) in [5.41, 5.74) is 19.3. The predicted molar refractivity (Wildman–Crippen MR) is 280 cm³/mol. The third kappa shape index (κ3) is 5.77. The first kappa shape index (κ1) is 37.3. The van der Waals surface area contributed by atoms with Crippen LogP contribution in [0.1, 0.15) is 0 Å². The molecule has 0 saturated heterocycles. The molecule has 290 valence electrons. The average molecular weight is 802 g/mol. The van der Waals surface area contributed by atoms with Gasteiger partial charge in [-0.25, -0.2) is 15.0 Å². The van der Waals surface area contributed by atoms with Crippen molar-refractivity contribution in [1.29, 1.82) is 0 Å². The summed E-state index contributed by atoms with van der Waals surface area (Å²) < 4.78 is 15.8. The normalized spacial score (nSPS) is 11.9. The molecule has 0 aliphatic heterocycles. The van der Waals surface area contributed by atoms with Crippen LogP contribution < -0.4 is 32.8 Å². The minimum atomic E-state index is 0.558. The Hall–Kier alpha value is -7.44. The number of rotatable bonds is 5. The van der Waals surface area contributed by atoms with Crippen LogP contribution >= 0.6 is 0 Å². The van der Waals surface area contributed by atoms with Crippen molar-refractivity contribution in [1.82, 2.24) is 19.5 Å². The molecular formula is C51H36B6N4O2. The molecule has 0 aliphatic carbocycles. The van der Waals surface area contributed by atoms with E-state index in [1.54, 1.807) is 0 Å². The number of aromatic nitrogens is 4. The third-order valence-electron chi connectivity index (χ3n) is 13.2. The minimum absolute atomic E-state index is 0.558. The van der Waals surface area contributed by atoms with Gasteiger partial charge in [0.25, 0.3) is 0 Å². The molecule has 0 atom stereocenters. The lowest BCUT2D eigenvalue weighted by molar-refractivity contribution is 0.669. The van der Waals surface area contributed by atoms with Crippen molar-refractivity contribution in [3.63, 3.8) is 0 Å². The maximum absolute atomic E-state index is 6.98. The Kier molecular flexibility index (Phi) is 8.32. The first-order valence-electron chi connectivity index (χ1n) is 21.5. The molecule has 0 radical (unpaired) electrons. The summed E-state index contributed by atoms with van der Waals surface area (Å²) in [5.74, 6) is 1.71. The fourth-order valence-electron chi connectivity index (χ4n) is 9.88. The second kappa shape index (κ2) is 14.0. The van der Waals surface area contributed by atoms with E-state index in [4.69, 9.17) is 23.8 Å². The van der Waals surface area contributed by atoms with Crippen molar-refractivity contribution in [2.75, 3.05) is 0 Å². The summed E-state index contributed by atoms with van der Waals surface area (Å²) in [5, 5.41) is 6.87. The lowest BCUT2D eigenvalue weighted by Gasteiger charge is -2.15. The molecule has 12 aromatic rings. The second-order valence-corrected chi connectivity index (χ2v) is 17.1. The molecule has 63 heavy (non-hydrogen) atoms. The number of para-hydroxylation sites is 1. The van der Waals surface area contributed by atoms with Gasteiger partial charge >= 0.3 is 0 Å². The highest BCUT2D eigenvalue weighted by atomic mass is 16.3. The third-order valence-corrected chi connectivity index (χ3v) is 13.2. The molecule has 4 aromatic heterocycles. The van der Waals surface area contributed by atoms with Gasteiger partial charge in [-0.3, -0.25) is 0 Å². The Bertz CT molecular complexity index is 3810. The molecule has 0 bridgehead atoms. The lowest BCUT2D eigenvalue weighted by Crippen LogP contribution is -2.33. The van der Waals surface area contributed by atoms with Crippen molar-refractivity contribution in [2.24, 2.45) is 0 Å². The fourth-order valence-corrected chi connectivity index (χ4v) is 9.88. The highest BCUT2D eigenvalue weighted by Crippen LogP contribution is 2.41. The van der Waals surface area contributed by atoms with Crippen LogP contribution in [0.3, 0.4) is 0 Å². The summed E-state index contributed by atoms with van der Waals surface area (Å²) in [4.78, 5) is 15.2. The van der Waals surface area contributed by atoms with E-state index in [2.05, 4.69) is 143 Å². The van der Waals surface area contributed by atoms with E-state index in [1.807, 2.05) is 54.6 Å². The highest BCUT2D eigenvalue weighted by molar-refractivity contribution is 6.62. The van der Waals surface area contributed by atoms with Crippen LogP contribution in [0.4, 0.5) is 0 Å². The summed E-state index contributed by atoms with van der Waals surface area (Å²) in [7, 11) is 13.5. The molecule has 0 spiro atoms. The highest BCUT2D eigenvalue weighted by Gasteiger charge is 2.24. The fraction of sp³-hybridized carbons (Fsp3) is 0. The van der Waals surface area contributed by atoms with Gasteiger partial charge in [-0.2, -0.15) is 0 Å². The Balaban J connectivity index is 1.09. The molecule has 0 aliphatic rings. The Morgan fingerprint density at radius 2 is 0.873 bits per heavy atom. The van der Waals surface area contributed by atoms with E-state index in [0.717, 1.165) is 77.4 Å². The van der Waals surface area contributed by atoms with E-state index in [0.29, 0.717) is 17.5 Å². The van der Waals surface area contributed by atoms with Gasteiger partial charge in [0, 0.05) is 60.5 Å². The molecule has 0 unspecified atom stereocenters. The van der Waals surface area contributed by atoms with Crippen LogP contribution in [0.2, 0.25) is 0 Å². The predicted octanol–water partition coefficient (Wildman–Crippen LogP) is 2.99. The zero-order chi connectivity index (χ0) is 42.7. The van der Waals surface area contributed by atoms with Crippen LogP contribution in [0.15, 0.2) is 154 Å². The van der Waals surface area contributed by atoms with Crippen molar-refractivity contribution in [2.45, 2.75) is 0 Å². The summed E-state index contributed by atoms with van der Waals surface area (Å²) >= 11 is 0. The van der Waals surface area contributed by atoms with E-state index >= 15 is 0 Å². The molecule has 0 amide bonds. The molecule has 4 heterocycles. The Labute approximate surface area is 368 Å². The number of nitrogens with zero attached hydrogens (tertiary/aromatic N) is 4. The van der Waals surface area contributed by atoms with Crippen molar-refractivity contribution >= 4 is 146 Å². The maximum atomic E-state index is 6.98. The van der Waals surface area contributed by atoms with Crippen molar-refractivity contribution < 1.29 is 8.83 Å². The first-order chi connectivity index (χ1) is 30.7. The van der Waals surface area contributed by atoms with E-state index < -0.39 is 0 Å². The second-order valence-electron chi connectivity index (χ2n) is 17.1. The summed E-state index contributed by atoms with van der Waals surface area (Å²) in [6, 6.07) is 50.6. The zero-order valence-electron chi connectivity index (χ0n) is 36.0. The number of hydrogen-bond donors (Lipinski definition) is 0. The van der Waals surface area contributed by atoms with Crippen molar-refractivity contribution in [3.05, 3.63) is 146 Å². The van der Waals surface area contributed by atoms with Crippen LogP contribution in [0.25, 0.3) is 117 Å². The van der Waals surface area contributed by atoms with Crippen LogP contribution in [0, 0.1) is 0 Å². The smallest absolute Gasteiger partial charge is 0.164 e. The quantitative estimate of drug-likeness (QED) is 0.251. The first-order valence-corrected chi connectivity index (χ1v) is 21.5. The summed E-state index contributed by atoms with van der Waals surface area (Å²) in [6.07, 6.45) is 0. The number of hydrogen-bond acceptors (Lipinski definition) is 5. The molecule has 12 heteroatoms. The molecule has 0 saturated carbocycles. The maximum Gasteiger partial charge on any atom is 0.164 e. The molecular weight excluding hydrogens is 765 g/mol. The molecule has 8 aromatic carbocycles. The van der Waals surface area contributed by atoms with Gasteiger partial charge in [0.15, 0.2) is 17.5 Å². The Morgan fingerprint density at radius 1 is 0.381 bits per heavy atom. The van der Waals surface area contributed by atoms with Crippen LogP contribution in [-0.2, 0) is 0 Å². The molecule has 6 nitrogen and oxygen atoms in total. The number of benzene rings is 8. The summed E-state index contributed by atoms with van der Waals surface area (Å²) in [6.45, 7) is 0. The van der Waals surface area contributed by atoms with Crippen molar-refractivity contribution in [3.8, 4) is 51.0 Å². The van der Waals surface area contributed by atoms with Gasteiger partial charge < -0.3 is 13.4 Å². The number of fused-ring (bicyclic) bond motifs is 9. The van der Waals surface area contributed by atoms with E-state index in [1.165, 1.54) is 54.6 Å². The topological polar surface area (TPSA) is 69.9 Å². The average Bonchev–Trinajstić information content (AvgIpc) is 4.00. The van der Waals surface area contributed by atoms with Gasteiger partial charge in [-0.15, -0.1) is 0 Å². The zero-order valence-corrected chi connectivity index (χ0v) is 36.0. The van der Waals surface area contributed by atoms with Gasteiger partial charge in [0.05, 0.1) is 0 Å². The Morgan fingerprint density at radius 3 is 1.48 bits per heavy atom. The van der Waals surface area contributed by atoms with E-state index in [9.17, 15) is 0 Å². The molecule has 0 fully saturated rings. The molecule has 0 N–H and O–H groups in total. The van der Waals surface area contributed by atoms with Crippen LogP contribution in [-0.4, -0.2) is 66.6 Å². The lowest BCUT2D eigenvalue weighted by atomic mass is 9.71. The SMILES string of the molecule is Bc1cc(B)c2c(c1B)c1c(B)c(B)cc(B)c1n2-c1cc(-c2ccccc2)c2oc3cc(-c4nc(-c5ccccc5)nc(-c5ccc6c(c5)oc5ccccc56)n4)ccc3c2c1. The minimum Gasteiger partial charge on any atom is -0.456 e. The van der Waals surface area contributed by atoms with Crippen LogP contribution in [0.5, 0.6) is 0 Å². The van der Waals surface area contributed by atoms with Gasteiger partial charge in [0.1, 0.15) is 69.4 Å². The van der Waals surface area contributed by atoms with Gasteiger partial charge in [-0.05, 0) is 58.8 Å². The number of furan rings is 2. The van der Waals surface area contributed by atoms with Gasteiger partial charge in [0.2, 0.25) is 0 Å².